The molecule has 0 bridgehead atoms. The molecule has 0 radical (unpaired) electrons. The number of aromatic nitrogens is 1. The van der Waals surface area contributed by atoms with E-state index in [4.69, 9.17) is 0 Å². The number of allylic oxidation sites excluding steroid dienone is 1. The number of aromatic amines is 1. The Bertz CT molecular complexity index is 1070. The van der Waals surface area contributed by atoms with E-state index in [1.165, 1.54) is 29.8 Å². The largest absolute Gasteiger partial charge is 0.351 e. The number of thiophene rings is 1. The van der Waals surface area contributed by atoms with E-state index in [1.54, 1.807) is 6.07 Å². The average Bonchev–Trinajstić information content (AvgIpc) is 3.10. The molecule has 3 aromatic rings. The number of benzene rings is 1. The van der Waals surface area contributed by atoms with Crippen LogP contribution in [0.5, 0.6) is 0 Å². The predicted octanol–water partition coefficient (Wildman–Crippen LogP) is 4.67. The molecule has 0 unspecified atom stereocenters. The van der Waals surface area contributed by atoms with Crippen LogP contribution in [0.1, 0.15) is 47.3 Å². The van der Waals surface area contributed by atoms with Crippen LogP contribution in [-0.4, -0.2) is 17.4 Å². The van der Waals surface area contributed by atoms with Crippen molar-refractivity contribution < 1.29 is 4.79 Å². The molecule has 26 heavy (non-hydrogen) atoms. The Hall–Kier alpha value is -2.40. The van der Waals surface area contributed by atoms with Gasteiger partial charge in [0.15, 0.2) is 0 Å². The number of carbonyl (C=O) groups is 1. The van der Waals surface area contributed by atoms with Crippen molar-refractivity contribution in [1.82, 2.24) is 10.3 Å². The van der Waals surface area contributed by atoms with Crippen LogP contribution in [0, 0.1) is 6.92 Å². The molecule has 1 aliphatic carbocycles. The van der Waals surface area contributed by atoms with E-state index >= 15 is 0 Å². The summed E-state index contributed by atoms with van der Waals surface area (Å²) in [5.41, 5.74) is 3.25. The summed E-state index contributed by atoms with van der Waals surface area (Å²) in [4.78, 5) is 28.4. The molecule has 1 amide bonds. The lowest BCUT2D eigenvalue weighted by atomic mass is 9.97. The van der Waals surface area contributed by atoms with E-state index in [0.29, 0.717) is 16.8 Å². The van der Waals surface area contributed by atoms with Crippen molar-refractivity contribution in [3.8, 4) is 0 Å². The van der Waals surface area contributed by atoms with Crippen molar-refractivity contribution >= 4 is 38.2 Å². The zero-order valence-electron chi connectivity index (χ0n) is 14.9. The first-order valence-corrected chi connectivity index (χ1v) is 9.96. The van der Waals surface area contributed by atoms with Gasteiger partial charge in [0, 0.05) is 22.1 Å². The number of carbonyl (C=O) groups excluding carboxylic acids is 1. The maximum absolute atomic E-state index is 12.5. The summed E-state index contributed by atoms with van der Waals surface area (Å²) in [6.07, 6.45) is 8.07. The Morgan fingerprint density at radius 2 is 2.12 bits per heavy atom. The third-order valence-corrected chi connectivity index (χ3v) is 6.15. The summed E-state index contributed by atoms with van der Waals surface area (Å²) >= 11 is 1.40. The number of pyridine rings is 1. The molecule has 0 saturated heterocycles. The van der Waals surface area contributed by atoms with Gasteiger partial charge in [0.25, 0.3) is 11.5 Å². The molecule has 4 nitrogen and oxygen atoms in total. The predicted molar refractivity (Wildman–Crippen MR) is 108 cm³/mol. The molecule has 2 N–H and O–H groups in total. The van der Waals surface area contributed by atoms with Crippen molar-refractivity contribution in [1.29, 1.82) is 0 Å². The summed E-state index contributed by atoms with van der Waals surface area (Å²) < 4.78 is 0.882. The van der Waals surface area contributed by atoms with E-state index in [2.05, 4.69) is 22.4 Å². The molecule has 1 aromatic carbocycles. The SMILES string of the molecule is Cc1ccc2[nH]c(=O)c3cc(C(=O)NCCC4=CCCCC4)sc3c2c1. The van der Waals surface area contributed by atoms with Gasteiger partial charge in [-0.15, -0.1) is 11.3 Å². The van der Waals surface area contributed by atoms with Crippen LogP contribution >= 0.6 is 11.3 Å². The van der Waals surface area contributed by atoms with Gasteiger partial charge in [-0.3, -0.25) is 9.59 Å². The second-order valence-corrected chi connectivity index (χ2v) is 8.02. The van der Waals surface area contributed by atoms with Gasteiger partial charge in [-0.1, -0.05) is 23.3 Å². The number of H-pyrrole nitrogens is 1. The minimum Gasteiger partial charge on any atom is -0.351 e. The highest BCUT2D eigenvalue weighted by Gasteiger charge is 2.15. The van der Waals surface area contributed by atoms with Gasteiger partial charge >= 0.3 is 0 Å². The Balaban J connectivity index is 1.58. The Morgan fingerprint density at radius 1 is 1.23 bits per heavy atom. The van der Waals surface area contributed by atoms with Crippen LogP contribution in [0.2, 0.25) is 0 Å². The minimum absolute atomic E-state index is 0.0946. The van der Waals surface area contributed by atoms with Gasteiger partial charge < -0.3 is 10.3 Å². The second kappa shape index (κ2) is 7.08. The third-order valence-electron chi connectivity index (χ3n) is 4.99. The van der Waals surface area contributed by atoms with Crippen LogP contribution in [0.4, 0.5) is 0 Å². The quantitative estimate of drug-likeness (QED) is 0.659. The molecule has 2 aromatic heterocycles. The smallest absolute Gasteiger partial charge is 0.261 e. The number of hydrogen-bond donors (Lipinski definition) is 2. The molecule has 0 saturated carbocycles. The molecule has 1 aliphatic rings. The molecular formula is C21H22N2O2S. The zero-order chi connectivity index (χ0) is 18.1. The van der Waals surface area contributed by atoms with Crippen molar-refractivity contribution in [2.45, 2.75) is 39.0 Å². The van der Waals surface area contributed by atoms with E-state index < -0.39 is 0 Å². The lowest BCUT2D eigenvalue weighted by molar-refractivity contribution is 0.0958. The van der Waals surface area contributed by atoms with Gasteiger partial charge in [-0.2, -0.15) is 0 Å². The van der Waals surface area contributed by atoms with Crippen LogP contribution in [-0.2, 0) is 0 Å². The number of amides is 1. The average molecular weight is 366 g/mol. The molecule has 4 rings (SSSR count). The minimum atomic E-state index is -0.140. The zero-order valence-corrected chi connectivity index (χ0v) is 15.7. The van der Waals surface area contributed by atoms with Gasteiger partial charge in [0.1, 0.15) is 0 Å². The first-order chi connectivity index (χ1) is 12.6. The number of nitrogens with one attached hydrogen (secondary N) is 2. The molecular weight excluding hydrogens is 344 g/mol. The van der Waals surface area contributed by atoms with Crippen LogP contribution in [0.3, 0.4) is 0 Å². The van der Waals surface area contributed by atoms with Crippen LogP contribution in [0.25, 0.3) is 21.0 Å². The molecule has 0 fully saturated rings. The number of hydrogen-bond acceptors (Lipinski definition) is 3. The topological polar surface area (TPSA) is 62.0 Å². The number of aryl methyl sites for hydroxylation is 1. The summed E-state index contributed by atoms with van der Waals surface area (Å²) in [5.74, 6) is -0.0946. The molecule has 2 heterocycles. The normalized spacial score (nSPS) is 14.6. The van der Waals surface area contributed by atoms with Gasteiger partial charge in [0.2, 0.25) is 0 Å². The summed E-state index contributed by atoms with van der Waals surface area (Å²) in [7, 11) is 0. The fourth-order valence-electron chi connectivity index (χ4n) is 3.57. The van der Waals surface area contributed by atoms with E-state index in [0.717, 1.165) is 40.4 Å². The van der Waals surface area contributed by atoms with E-state index in [-0.39, 0.29) is 11.5 Å². The highest BCUT2D eigenvalue weighted by molar-refractivity contribution is 7.21. The summed E-state index contributed by atoms with van der Waals surface area (Å²) in [6, 6.07) is 7.67. The van der Waals surface area contributed by atoms with Crippen molar-refractivity contribution in [2.24, 2.45) is 0 Å². The van der Waals surface area contributed by atoms with Gasteiger partial charge in [-0.25, -0.2) is 0 Å². The van der Waals surface area contributed by atoms with Crippen LogP contribution in [0.15, 0.2) is 40.7 Å². The molecule has 0 spiro atoms. The maximum atomic E-state index is 12.5. The lowest BCUT2D eigenvalue weighted by Crippen LogP contribution is -2.24. The summed E-state index contributed by atoms with van der Waals surface area (Å²) in [6.45, 7) is 2.67. The fraction of sp³-hybridized carbons (Fsp3) is 0.333. The van der Waals surface area contributed by atoms with Gasteiger partial charge in [-0.05, 0) is 57.2 Å². The monoisotopic (exact) mass is 366 g/mol. The number of fused-ring (bicyclic) bond motifs is 3. The van der Waals surface area contributed by atoms with Crippen molar-refractivity contribution in [2.75, 3.05) is 6.54 Å². The second-order valence-electron chi connectivity index (χ2n) is 6.97. The summed E-state index contributed by atoms with van der Waals surface area (Å²) in [5, 5.41) is 4.59. The standard InChI is InChI=1S/C21H22N2O2S/c1-13-7-8-17-15(11-13)19-16(20(24)23-17)12-18(26-19)21(25)22-10-9-14-5-3-2-4-6-14/h5,7-8,11-12H,2-4,6,9-10H2,1H3,(H,22,25)(H,23,24). The van der Waals surface area contributed by atoms with E-state index in [1.807, 2.05) is 19.1 Å². The lowest BCUT2D eigenvalue weighted by Gasteiger charge is -2.12. The molecule has 5 heteroatoms. The molecule has 0 aliphatic heterocycles. The third kappa shape index (κ3) is 3.31. The van der Waals surface area contributed by atoms with Crippen LogP contribution < -0.4 is 10.9 Å². The first kappa shape index (κ1) is 17.0. The van der Waals surface area contributed by atoms with Crippen molar-refractivity contribution in [3.63, 3.8) is 0 Å². The highest BCUT2D eigenvalue weighted by atomic mass is 32.1. The highest BCUT2D eigenvalue weighted by Crippen LogP contribution is 2.30. The maximum Gasteiger partial charge on any atom is 0.261 e. The fourth-order valence-corrected chi connectivity index (χ4v) is 4.67. The molecule has 134 valence electrons. The van der Waals surface area contributed by atoms with Crippen molar-refractivity contribution in [3.05, 3.63) is 56.7 Å². The molecule has 0 atom stereocenters. The Morgan fingerprint density at radius 3 is 2.92 bits per heavy atom. The van der Waals surface area contributed by atoms with Gasteiger partial charge in [0.05, 0.1) is 10.3 Å². The number of rotatable bonds is 4. The Kier molecular flexibility index (Phi) is 4.64. The first-order valence-electron chi connectivity index (χ1n) is 9.14. The Labute approximate surface area is 155 Å². The van der Waals surface area contributed by atoms with E-state index in [9.17, 15) is 9.59 Å².